The van der Waals surface area contributed by atoms with E-state index in [1.54, 1.807) is 18.2 Å². The Morgan fingerprint density at radius 1 is 1.19 bits per heavy atom. The predicted molar refractivity (Wildman–Crippen MR) is 135 cm³/mol. The fourth-order valence-corrected chi connectivity index (χ4v) is 3.84. The molecular weight excluding hydrogens is 506 g/mol. The highest BCUT2D eigenvalue weighted by Gasteiger charge is 2.20. The Balaban J connectivity index is 0.00000341. The molecule has 1 saturated heterocycles. The number of benzene rings is 2. The van der Waals surface area contributed by atoms with Crippen molar-refractivity contribution in [1.29, 1.82) is 0 Å². The SMILES string of the molecule is CCNC(=NCC(O)c1ccccc1F)NC1CCN(Cc2cccc(C)c2)CC1.I. The lowest BCUT2D eigenvalue weighted by Crippen LogP contribution is -2.48. The van der Waals surface area contributed by atoms with E-state index in [2.05, 4.69) is 51.7 Å². The number of hydrogen-bond acceptors (Lipinski definition) is 3. The number of hydrogen-bond donors (Lipinski definition) is 3. The Hall–Kier alpha value is -1.71. The molecular formula is C24H34FIN4O. The summed E-state index contributed by atoms with van der Waals surface area (Å²) in [4.78, 5) is 6.97. The lowest BCUT2D eigenvalue weighted by molar-refractivity contribution is 0.181. The molecule has 1 aliphatic rings. The number of aliphatic imine (C=N–C) groups is 1. The van der Waals surface area contributed by atoms with E-state index < -0.39 is 11.9 Å². The molecule has 3 rings (SSSR count). The zero-order valence-electron chi connectivity index (χ0n) is 18.4. The highest BCUT2D eigenvalue weighted by atomic mass is 127. The predicted octanol–water partition coefficient (Wildman–Crippen LogP) is 4.01. The molecule has 170 valence electrons. The van der Waals surface area contributed by atoms with Gasteiger partial charge < -0.3 is 15.7 Å². The van der Waals surface area contributed by atoms with Crippen LogP contribution in [-0.4, -0.2) is 48.2 Å². The molecule has 0 bridgehead atoms. The van der Waals surface area contributed by atoms with E-state index in [0.717, 1.165) is 39.0 Å². The van der Waals surface area contributed by atoms with Crippen molar-refractivity contribution >= 4 is 29.9 Å². The van der Waals surface area contributed by atoms with Crippen molar-refractivity contribution in [2.45, 2.75) is 45.4 Å². The van der Waals surface area contributed by atoms with Crippen LogP contribution < -0.4 is 10.6 Å². The molecule has 2 aromatic carbocycles. The summed E-state index contributed by atoms with van der Waals surface area (Å²) < 4.78 is 13.9. The molecule has 0 amide bonds. The monoisotopic (exact) mass is 540 g/mol. The standard InChI is InChI=1S/C24H33FN4O.HI/c1-3-26-24(27-16-23(30)21-9-4-5-10-22(21)25)28-20-11-13-29(14-12-20)17-19-8-6-7-18(2)15-19;/h4-10,15,20,23,30H,3,11-14,16-17H2,1-2H3,(H2,26,27,28);1H. The lowest BCUT2D eigenvalue weighted by atomic mass is 10.0. The molecule has 0 saturated carbocycles. The highest BCUT2D eigenvalue weighted by molar-refractivity contribution is 14.0. The first kappa shape index (κ1) is 25.5. The smallest absolute Gasteiger partial charge is 0.191 e. The van der Waals surface area contributed by atoms with Crippen LogP contribution in [0.4, 0.5) is 4.39 Å². The lowest BCUT2D eigenvalue weighted by Gasteiger charge is -2.33. The minimum absolute atomic E-state index is 0. The maximum absolute atomic E-state index is 13.9. The summed E-state index contributed by atoms with van der Waals surface area (Å²) in [6.07, 6.45) is 1.11. The number of aryl methyl sites for hydroxylation is 1. The van der Waals surface area contributed by atoms with E-state index in [1.165, 1.54) is 17.2 Å². The van der Waals surface area contributed by atoms with Gasteiger partial charge in [0.25, 0.3) is 0 Å². The zero-order chi connectivity index (χ0) is 21.3. The van der Waals surface area contributed by atoms with Gasteiger partial charge in [0, 0.05) is 37.8 Å². The van der Waals surface area contributed by atoms with Crippen LogP contribution in [0.3, 0.4) is 0 Å². The van der Waals surface area contributed by atoms with Crippen molar-refractivity contribution in [3.63, 3.8) is 0 Å². The van der Waals surface area contributed by atoms with Gasteiger partial charge in [0.15, 0.2) is 5.96 Å². The molecule has 3 N–H and O–H groups in total. The van der Waals surface area contributed by atoms with Crippen LogP contribution >= 0.6 is 24.0 Å². The number of likely N-dealkylation sites (tertiary alicyclic amines) is 1. The number of rotatable bonds is 7. The normalized spacial score (nSPS) is 16.5. The van der Waals surface area contributed by atoms with Gasteiger partial charge in [-0.3, -0.25) is 9.89 Å². The summed E-state index contributed by atoms with van der Waals surface area (Å²) in [6, 6.07) is 15.3. The number of nitrogens with one attached hydrogen (secondary N) is 2. The third-order valence-corrected chi connectivity index (χ3v) is 5.45. The first-order chi connectivity index (χ1) is 14.5. The molecule has 1 aliphatic heterocycles. The van der Waals surface area contributed by atoms with Gasteiger partial charge in [-0.2, -0.15) is 0 Å². The Kier molecular flexibility index (Phi) is 10.7. The second-order valence-electron chi connectivity index (χ2n) is 7.94. The summed E-state index contributed by atoms with van der Waals surface area (Å²) in [7, 11) is 0. The number of halogens is 2. The van der Waals surface area contributed by atoms with Crippen molar-refractivity contribution in [3.05, 3.63) is 71.0 Å². The molecule has 0 spiro atoms. The van der Waals surface area contributed by atoms with Gasteiger partial charge in [-0.25, -0.2) is 4.39 Å². The Labute approximate surface area is 202 Å². The van der Waals surface area contributed by atoms with Crippen LogP contribution in [-0.2, 0) is 6.54 Å². The minimum Gasteiger partial charge on any atom is -0.386 e. The summed E-state index contributed by atoms with van der Waals surface area (Å²) in [5.41, 5.74) is 2.94. The molecule has 0 aliphatic carbocycles. The van der Waals surface area contributed by atoms with Gasteiger partial charge in [-0.05, 0) is 38.3 Å². The second-order valence-corrected chi connectivity index (χ2v) is 7.94. The van der Waals surface area contributed by atoms with Crippen LogP contribution in [0.25, 0.3) is 0 Å². The van der Waals surface area contributed by atoms with Crippen LogP contribution in [0.2, 0.25) is 0 Å². The zero-order valence-corrected chi connectivity index (χ0v) is 20.7. The number of piperidine rings is 1. The molecule has 1 heterocycles. The summed E-state index contributed by atoms with van der Waals surface area (Å²) in [5.74, 6) is 0.268. The number of aliphatic hydroxyl groups excluding tert-OH is 1. The minimum atomic E-state index is -0.960. The maximum Gasteiger partial charge on any atom is 0.191 e. The van der Waals surface area contributed by atoms with E-state index in [0.29, 0.717) is 12.0 Å². The average Bonchev–Trinajstić information content (AvgIpc) is 2.74. The molecule has 1 fully saturated rings. The topological polar surface area (TPSA) is 59.9 Å². The molecule has 7 heteroatoms. The number of aliphatic hydroxyl groups is 1. The van der Waals surface area contributed by atoms with Crippen LogP contribution in [0.1, 0.15) is 42.6 Å². The van der Waals surface area contributed by atoms with Crippen molar-refractivity contribution in [2.24, 2.45) is 4.99 Å². The Morgan fingerprint density at radius 2 is 1.94 bits per heavy atom. The van der Waals surface area contributed by atoms with Gasteiger partial charge in [0.05, 0.1) is 6.54 Å². The number of nitrogens with zero attached hydrogens (tertiary/aromatic N) is 2. The molecule has 31 heavy (non-hydrogen) atoms. The molecule has 5 nitrogen and oxygen atoms in total. The van der Waals surface area contributed by atoms with Gasteiger partial charge in [-0.1, -0.05) is 48.0 Å². The third-order valence-electron chi connectivity index (χ3n) is 5.45. The first-order valence-corrected chi connectivity index (χ1v) is 10.8. The van der Waals surface area contributed by atoms with Crippen LogP contribution in [0.15, 0.2) is 53.5 Å². The summed E-state index contributed by atoms with van der Waals surface area (Å²) in [5, 5.41) is 17.0. The van der Waals surface area contributed by atoms with Gasteiger partial charge in [0.1, 0.15) is 11.9 Å². The summed E-state index contributed by atoms with van der Waals surface area (Å²) >= 11 is 0. The Morgan fingerprint density at radius 3 is 2.61 bits per heavy atom. The fraction of sp³-hybridized carbons (Fsp3) is 0.458. The second kappa shape index (κ2) is 13.0. The summed E-state index contributed by atoms with van der Waals surface area (Å²) in [6.45, 7) is 8.03. The first-order valence-electron chi connectivity index (χ1n) is 10.8. The quantitative estimate of drug-likeness (QED) is 0.282. The van der Waals surface area contributed by atoms with E-state index in [1.807, 2.05) is 6.92 Å². The van der Waals surface area contributed by atoms with Crippen molar-refractivity contribution in [2.75, 3.05) is 26.2 Å². The van der Waals surface area contributed by atoms with E-state index in [4.69, 9.17) is 0 Å². The van der Waals surface area contributed by atoms with Crippen LogP contribution in [0, 0.1) is 12.7 Å². The van der Waals surface area contributed by atoms with E-state index >= 15 is 0 Å². The largest absolute Gasteiger partial charge is 0.386 e. The van der Waals surface area contributed by atoms with Crippen LogP contribution in [0.5, 0.6) is 0 Å². The third kappa shape index (κ3) is 8.05. The van der Waals surface area contributed by atoms with Crippen molar-refractivity contribution in [1.82, 2.24) is 15.5 Å². The molecule has 1 atom stereocenters. The van der Waals surface area contributed by atoms with Gasteiger partial charge in [0.2, 0.25) is 0 Å². The molecule has 0 aromatic heterocycles. The maximum atomic E-state index is 13.9. The van der Waals surface area contributed by atoms with Crippen molar-refractivity contribution < 1.29 is 9.50 Å². The Bertz CT molecular complexity index is 840. The molecule has 2 aromatic rings. The van der Waals surface area contributed by atoms with E-state index in [9.17, 15) is 9.50 Å². The van der Waals surface area contributed by atoms with E-state index in [-0.39, 0.29) is 36.1 Å². The van der Waals surface area contributed by atoms with Gasteiger partial charge >= 0.3 is 0 Å². The van der Waals surface area contributed by atoms with Gasteiger partial charge in [-0.15, -0.1) is 24.0 Å². The van der Waals surface area contributed by atoms with Crippen molar-refractivity contribution in [3.8, 4) is 0 Å². The molecule has 0 radical (unpaired) electrons. The highest BCUT2D eigenvalue weighted by Crippen LogP contribution is 2.17. The molecule has 1 unspecified atom stereocenters. The number of guanidine groups is 1. The fourth-order valence-electron chi connectivity index (χ4n) is 3.84. The average molecular weight is 540 g/mol.